The molecule has 1 fully saturated rings. The lowest BCUT2D eigenvalue weighted by atomic mass is 9.88. The Bertz CT molecular complexity index is 120. The predicted molar refractivity (Wildman–Crippen MR) is 38.4 cm³/mol. The van der Waals surface area contributed by atoms with Crippen LogP contribution in [0.15, 0.2) is 0 Å². The summed E-state index contributed by atoms with van der Waals surface area (Å²) in [4.78, 5) is 9.83. The van der Waals surface area contributed by atoms with Gasteiger partial charge in [-0.2, -0.15) is 0 Å². The van der Waals surface area contributed by atoms with Crippen LogP contribution in [0, 0.1) is 0 Å². The van der Waals surface area contributed by atoms with Crippen molar-refractivity contribution in [2.45, 2.75) is 32.0 Å². The molecule has 0 bridgehead atoms. The molecule has 3 heteroatoms. The number of hydrogen-bond donors (Lipinski definition) is 0. The molecule has 2 nitrogen and oxygen atoms in total. The lowest BCUT2D eigenvalue weighted by molar-refractivity contribution is -0.533. The van der Waals surface area contributed by atoms with Gasteiger partial charge >= 0.3 is 0 Å². The minimum Gasteiger partial charge on any atom is -0.227 e. The average molecular weight is 195 g/mol. The van der Waals surface area contributed by atoms with E-state index in [2.05, 4.69) is 15.9 Å². The normalized spacial score (nSPS) is 40.0. The minimum absolute atomic E-state index is 0.142. The maximum Gasteiger partial charge on any atom is 0.142 e. The second kappa shape index (κ2) is 1.94. The van der Waals surface area contributed by atoms with E-state index >= 15 is 0 Å². The molecule has 0 amide bonds. The molecule has 1 aliphatic heterocycles. The summed E-state index contributed by atoms with van der Waals surface area (Å²) in [6.45, 7) is 6.04. The van der Waals surface area contributed by atoms with E-state index in [9.17, 15) is 0 Å². The zero-order valence-electron chi connectivity index (χ0n) is 5.90. The Morgan fingerprint density at radius 2 is 1.78 bits per heavy atom. The van der Waals surface area contributed by atoms with Crippen LogP contribution in [0.25, 0.3) is 0 Å². The number of alkyl halides is 1. The summed E-state index contributed by atoms with van der Waals surface area (Å²) in [5.41, 5.74) is -0.288. The van der Waals surface area contributed by atoms with Gasteiger partial charge in [0, 0.05) is 5.33 Å². The molecule has 1 saturated heterocycles. The van der Waals surface area contributed by atoms with Crippen LogP contribution >= 0.6 is 15.9 Å². The van der Waals surface area contributed by atoms with E-state index in [0.29, 0.717) is 0 Å². The first-order valence-electron chi connectivity index (χ1n) is 2.95. The molecule has 0 saturated carbocycles. The first kappa shape index (κ1) is 7.51. The monoisotopic (exact) mass is 194 g/mol. The quantitative estimate of drug-likeness (QED) is 0.469. The Morgan fingerprint density at radius 1 is 1.22 bits per heavy atom. The van der Waals surface area contributed by atoms with Gasteiger partial charge in [-0.25, -0.2) is 9.78 Å². The van der Waals surface area contributed by atoms with Gasteiger partial charge in [0.2, 0.25) is 0 Å². The van der Waals surface area contributed by atoms with Crippen LogP contribution in [0.1, 0.15) is 20.8 Å². The summed E-state index contributed by atoms with van der Waals surface area (Å²) >= 11 is 3.35. The zero-order chi connectivity index (χ0) is 7.12. The van der Waals surface area contributed by atoms with Gasteiger partial charge in [-0.15, -0.1) is 0 Å². The molecule has 0 aromatic rings. The Balaban J connectivity index is 2.62. The third-order valence-electron chi connectivity index (χ3n) is 1.96. The van der Waals surface area contributed by atoms with Crippen molar-refractivity contribution in [3.63, 3.8) is 0 Å². The molecule has 1 aliphatic rings. The Morgan fingerprint density at radius 3 is 1.78 bits per heavy atom. The van der Waals surface area contributed by atoms with Crippen molar-refractivity contribution in [1.29, 1.82) is 0 Å². The van der Waals surface area contributed by atoms with E-state index in [1.807, 2.05) is 20.8 Å². The topological polar surface area (TPSA) is 18.5 Å². The largest absolute Gasteiger partial charge is 0.227 e. The van der Waals surface area contributed by atoms with Crippen molar-refractivity contribution in [2.24, 2.45) is 0 Å². The summed E-state index contributed by atoms with van der Waals surface area (Å²) in [6, 6.07) is 0. The standard InChI is InChI=1S/C6H11BrO2/c1-5(2)6(3,4-7)9-8-5/h4H2,1-3H3. The van der Waals surface area contributed by atoms with Gasteiger partial charge in [-0.1, -0.05) is 15.9 Å². The molecule has 0 aromatic heterocycles. The molecule has 1 unspecified atom stereocenters. The third-order valence-corrected chi connectivity index (χ3v) is 3.03. The molecular weight excluding hydrogens is 184 g/mol. The van der Waals surface area contributed by atoms with Gasteiger partial charge in [0.05, 0.1) is 0 Å². The van der Waals surface area contributed by atoms with E-state index in [0.717, 1.165) is 5.33 Å². The number of hydrogen-bond acceptors (Lipinski definition) is 2. The molecular formula is C6H11BrO2. The first-order valence-corrected chi connectivity index (χ1v) is 4.07. The van der Waals surface area contributed by atoms with E-state index in [-0.39, 0.29) is 11.2 Å². The van der Waals surface area contributed by atoms with Crippen molar-refractivity contribution in [3.8, 4) is 0 Å². The fraction of sp³-hybridized carbons (Fsp3) is 1.00. The molecule has 54 valence electrons. The number of halogens is 1. The Kier molecular flexibility index (Phi) is 1.62. The highest BCUT2D eigenvalue weighted by molar-refractivity contribution is 9.09. The SMILES string of the molecule is CC1(C)OOC1(C)CBr. The molecule has 1 atom stereocenters. The van der Waals surface area contributed by atoms with Crippen molar-refractivity contribution in [3.05, 3.63) is 0 Å². The molecule has 0 aromatic carbocycles. The van der Waals surface area contributed by atoms with Gasteiger partial charge in [-0.3, -0.25) is 0 Å². The summed E-state index contributed by atoms with van der Waals surface area (Å²) in [5.74, 6) is 0. The lowest BCUT2D eigenvalue weighted by Gasteiger charge is -2.49. The highest BCUT2D eigenvalue weighted by Gasteiger charge is 2.53. The van der Waals surface area contributed by atoms with Gasteiger partial charge in [0.25, 0.3) is 0 Å². The molecule has 0 N–H and O–H groups in total. The van der Waals surface area contributed by atoms with E-state index < -0.39 is 0 Å². The fourth-order valence-corrected chi connectivity index (χ4v) is 1.30. The summed E-state index contributed by atoms with van der Waals surface area (Å²) in [5, 5.41) is 0.812. The van der Waals surface area contributed by atoms with Gasteiger partial charge in [-0.05, 0) is 20.8 Å². The summed E-state index contributed by atoms with van der Waals surface area (Å²) < 4.78 is 0. The minimum atomic E-state index is -0.146. The predicted octanol–water partition coefficient (Wildman–Crippen LogP) is 1.88. The zero-order valence-corrected chi connectivity index (χ0v) is 7.49. The van der Waals surface area contributed by atoms with Crippen LogP contribution in [0.4, 0.5) is 0 Å². The molecule has 0 aliphatic carbocycles. The maximum atomic E-state index is 4.94. The van der Waals surface area contributed by atoms with Gasteiger partial charge in [0.15, 0.2) is 0 Å². The van der Waals surface area contributed by atoms with Crippen LogP contribution < -0.4 is 0 Å². The fourth-order valence-electron chi connectivity index (χ4n) is 0.534. The molecule has 1 heterocycles. The van der Waals surface area contributed by atoms with Crippen LogP contribution in [-0.4, -0.2) is 16.5 Å². The van der Waals surface area contributed by atoms with Crippen molar-refractivity contribution in [2.75, 3.05) is 5.33 Å². The van der Waals surface area contributed by atoms with E-state index in [1.165, 1.54) is 0 Å². The molecule has 0 spiro atoms. The third kappa shape index (κ3) is 0.914. The van der Waals surface area contributed by atoms with Gasteiger partial charge < -0.3 is 0 Å². The molecule has 9 heavy (non-hydrogen) atoms. The van der Waals surface area contributed by atoms with E-state index in [1.54, 1.807) is 0 Å². The second-order valence-corrected chi connectivity index (χ2v) is 3.60. The summed E-state index contributed by atoms with van der Waals surface area (Å²) in [7, 11) is 0. The van der Waals surface area contributed by atoms with Crippen molar-refractivity contribution >= 4 is 15.9 Å². The highest BCUT2D eigenvalue weighted by Crippen LogP contribution is 2.40. The molecule has 0 radical (unpaired) electrons. The average Bonchev–Trinajstić information content (AvgIpc) is 1.84. The summed E-state index contributed by atoms with van der Waals surface area (Å²) in [6.07, 6.45) is 0. The van der Waals surface area contributed by atoms with Crippen LogP contribution in [-0.2, 0) is 9.78 Å². The smallest absolute Gasteiger partial charge is 0.142 e. The highest BCUT2D eigenvalue weighted by atomic mass is 79.9. The Labute approximate surface area is 63.6 Å². The van der Waals surface area contributed by atoms with Gasteiger partial charge in [0.1, 0.15) is 11.2 Å². The van der Waals surface area contributed by atoms with Crippen molar-refractivity contribution in [1.82, 2.24) is 0 Å². The maximum absolute atomic E-state index is 4.94. The van der Waals surface area contributed by atoms with Crippen LogP contribution in [0.5, 0.6) is 0 Å². The lowest BCUT2D eigenvalue weighted by Crippen LogP contribution is -2.62. The Hall–Kier alpha value is 0.400. The van der Waals surface area contributed by atoms with E-state index in [4.69, 9.17) is 9.78 Å². The second-order valence-electron chi connectivity index (χ2n) is 3.04. The van der Waals surface area contributed by atoms with Crippen molar-refractivity contribution < 1.29 is 9.78 Å². The molecule has 1 rings (SSSR count). The first-order chi connectivity index (χ1) is 4.02. The van der Waals surface area contributed by atoms with Crippen LogP contribution in [0.2, 0.25) is 0 Å². The van der Waals surface area contributed by atoms with Crippen LogP contribution in [0.3, 0.4) is 0 Å². The number of rotatable bonds is 1.